The van der Waals surface area contributed by atoms with Crippen molar-refractivity contribution in [3.05, 3.63) is 57.0 Å². The van der Waals surface area contributed by atoms with Gasteiger partial charge in [0, 0.05) is 33.6 Å². The molecule has 0 saturated carbocycles. The fraction of sp³-hybridized carbons (Fsp3) is 0.444. The number of aromatic nitrogens is 2. The topological polar surface area (TPSA) is 62.2 Å². The Balaban J connectivity index is 1.92. The molecule has 3 rings (SSSR count). The maximum absolute atomic E-state index is 12.8. The van der Waals surface area contributed by atoms with Gasteiger partial charge in [-0.25, -0.2) is 4.98 Å². The van der Waals surface area contributed by atoms with Crippen molar-refractivity contribution in [1.82, 2.24) is 15.0 Å². The lowest BCUT2D eigenvalue weighted by Crippen LogP contribution is -2.43. The molecule has 6 nitrogen and oxygen atoms in total. The second-order valence-electron chi connectivity index (χ2n) is 6.74. The van der Waals surface area contributed by atoms with Crippen molar-refractivity contribution < 1.29 is 13.2 Å². The van der Waals surface area contributed by atoms with Gasteiger partial charge in [0.15, 0.2) is 0 Å². The Morgan fingerprint density at radius 1 is 1.26 bits per heavy atom. The maximum Gasteiger partial charge on any atom is 0.416 e. The van der Waals surface area contributed by atoms with Crippen molar-refractivity contribution in [3.8, 4) is 0 Å². The van der Waals surface area contributed by atoms with Crippen LogP contribution in [0.25, 0.3) is 0 Å². The molecular weight excluding hydrogens is 359 g/mol. The second-order valence-corrected chi connectivity index (χ2v) is 6.74. The molecule has 1 atom stereocenters. The van der Waals surface area contributed by atoms with Gasteiger partial charge in [-0.05, 0) is 24.6 Å². The van der Waals surface area contributed by atoms with Crippen LogP contribution in [0.4, 0.5) is 19.1 Å². The monoisotopic (exact) mass is 381 g/mol. The third kappa shape index (κ3) is 3.92. The quantitative estimate of drug-likeness (QED) is 0.851. The lowest BCUT2D eigenvalue weighted by Gasteiger charge is -2.26. The van der Waals surface area contributed by atoms with Gasteiger partial charge in [-0.1, -0.05) is 12.1 Å². The molecule has 0 amide bonds. The third-order valence-electron chi connectivity index (χ3n) is 4.56. The highest BCUT2D eigenvalue weighted by molar-refractivity contribution is 5.38. The highest BCUT2D eigenvalue weighted by atomic mass is 19.4. The minimum Gasteiger partial charge on any atom is -0.348 e. The van der Waals surface area contributed by atoms with Gasteiger partial charge in [-0.3, -0.25) is 4.79 Å². The van der Waals surface area contributed by atoms with Crippen molar-refractivity contribution in [1.29, 1.82) is 0 Å². The van der Waals surface area contributed by atoms with E-state index in [1.807, 2.05) is 6.92 Å². The number of nitrogens with one attached hydrogen (secondary N) is 2. The number of benzene rings is 1. The van der Waals surface area contributed by atoms with E-state index in [2.05, 4.69) is 15.6 Å². The third-order valence-corrected chi connectivity index (χ3v) is 4.56. The summed E-state index contributed by atoms with van der Waals surface area (Å²) in [5.74, 6) is 0.373. The Labute approximate surface area is 155 Å². The minimum absolute atomic E-state index is 0.153. The van der Waals surface area contributed by atoms with Crippen LogP contribution in [0.5, 0.6) is 0 Å². The van der Waals surface area contributed by atoms with Crippen LogP contribution >= 0.6 is 0 Å². The Morgan fingerprint density at radius 2 is 1.93 bits per heavy atom. The molecule has 1 aromatic heterocycles. The lowest BCUT2D eigenvalue weighted by molar-refractivity contribution is -0.137. The molecule has 0 fully saturated rings. The van der Waals surface area contributed by atoms with Gasteiger partial charge >= 0.3 is 6.18 Å². The van der Waals surface area contributed by atoms with Crippen LogP contribution in [0.2, 0.25) is 0 Å². The zero-order valence-corrected chi connectivity index (χ0v) is 15.4. The summed E-state index contributed by atoms with van der Waals surface area (Å²) in [6.07, 6.45) is -3.71. The number of halogens is 3. The van der Waals surface area contributed by atoms with Gasteiger partial charge in [0.05, 0.1) is 22.9 Å². The van der Waals surface area contributed by atoms with E-state index in [1.54, 1.807) is 19.1 Å². The van der Waals surface area contributed by atoms with E-state index in [0.717, 1.165) is 24.4 Å². The number of alkyl halides is 3. The normalized spacial score (nSPS) is 15.2. The average molecular weight is 381 g/mol. The van der Waals surface area contributed by atoms with Gasteiger partial charge in [-0.15, -0.1) is 0 Å². The molecule has 0 spiro atoms. The molecule has 0 unspecified atom stereocenters. The smallest absolute Gasteiger partial charge is 0.348 e. The van der Waals surface area contributed by atoms with E-state index in [1.165, 1.54) is 16.8 Å². The first-order chi connectivity index (χ1) is 12.7. The van der Waals surface area contributed by atoms with Gasteiger partial charge < -0.3 is 15.6 Å². The molecule has 0 bridgehead atoms. The molecule has 146 valence electrons. The zero-order chi connectivity index (χ0) is 19.8. The van der Waals surface area contributed by atoms with Crippen LogP contribution in [0.1, 0.15) is 35.3 Å². The molecule has 0 aliphatic carbocycles. The largest absolute Gasteiger partial charge is 0.416 e. The fourth-order valence-electron chi connectivity index (χ4n) is 3.10. The van der Waals surface area contributed by atoms with Gasteiger partial charge in [0.1, 0.15) is 0 Å². The predicted molar refractivity (Wildman–Crippen MR) is 97.5 cm³/mol. The molecule has 2 aromatic rings. The molecule has 1 aromatic carbocycles. The molecular formula is C18H22F3N5O. The Hall–Kier alpha value is -2.55. The first-order valence-corrected chi connectivity index (χ1v) is 8.65. The standard InChI is InChI=1S/C18H22F3N5O/c1-11(12-4-6-13(7-5-12)18(19,20)21)23-17-24-15-8-9-22-10-14(15)16(27)26(17)25(2)3/h4-7,11,22H,8-10H2,1-3H3,(H,23,24)/t11-/m0/s1. The van der Waals surface area contributed by atoms with E-state index in [-0.39, 0.29) is 11.6 Å². The number of hydrogen-bond acceptors (Lipinski definition) is 5. The van der Waals surface area contributed by atoms with Crippen molar-refractivity contribution in [2.75, 3.05) is 31.0 Å². The second kappa shape index (κ2) is 7.22. The maximum atomic E-state index is 12.8. The lowest BCUT2D eigenvalue weighted by atomic mass is 10.1. The fourth-order valence-corrected chi connectivity index (χ4v) is 3.10. The van der Waals surface area contributed by atoms with Crippen molar-refractivity contribution in [2.24, 2.45) is 0 Å². The Kier molecular flexibility index (Phi) is 5.14. The van der Waals surface area contributed by atoms with Gasteiger partial charge in [-0.2, -0.15) is 17.8 Å². The summed E-state index contributed by atoms with van der Waals surface area (Å²) in [4.78, 5) is 17.4. The van der Waals surface area contributed by atoms with E-state index in [4.69, 9.17) is 0 Å². The van der Waals surface area contributed by atoms with Crippen molar-refractivity contribution in [3.63, 3.8) is 0 Å². The summed E-state index contributed by atoms with van der Waals surface area (Å²) in [5, 5.41) is 7.96. The van der Waals surface area contributed by atoms with Crippen LogP contribution in [0.3, 0.4) is 0 Å². The van der Waals surface area contributed by atoms with Crippen molar-refractivity contribution >= 4 is 5.95 Å². The van der Waals surface area contributed by atoms with Gasteiger partial charge in [0.25, 0.3) is 5.56 Å². The number of nitrogens with zero attached hydrogens (tertiary/aromatic N) is 3. The Bertz CT molecular complexity index is 874. The van der Waals surface area contributed by atoms with Crippen LogP contribution in [0.15, 0.2) is 29.1 Å². The molecule has 0 saturated heterocycles. The molecule has 9 heteroatoms. The summed E-state index contributed by atoms with van der Waals surface area (Å²) in [5.41, 5.74) is 1.21. The first kappa shape index (κ1) is 19.2. The SMILES string of the molecule is C[C@H](Nc1nc2c(c(=O)n1N(C)C)CNCC2)c1ccc(C(F)(F)F)cc1. The van der Waals surface area contributed by atoms with Crippen LogP contribution < -0.4 is 21.2 Å². The first-order valence-electron chi connectivity index (χ1n) is 8.65. The summed E-state index contributed by atoms with van der Waals surface area (Å²) in [7, 11) is 3.47. The summed E-state index contributed by atoms with van der Waals surface area (Å²) >= 11 is 0. The number of rotatable bonds is 4. The average Bonchev–Trinajstić information content (AvgIpc) is 2.61. The summed E-state index contributed by atoms with van der Waals surface area (Å²) in [6, 6.07) is 4.64. The summed E-state index contributed by atoms with van der Waals surface area (Å²) in [6.45, 7) is 3.04. The van der Waals surface area contributed by atoms with Crippen LogP contribution in [0, 0.1) is 0 Å². The number of hydrogen-bond donors (Lipinski definition) is 2. The Morgan fingerprint density at radius 3 is 2.52 bits per heavy atom. The predicted octanol–water partition coefficient (Wildman–Crippen LogP) is 2.28. The van der Waals surface area contributed by atoms with Crippen molar-refractivity contribution in [2.45, 2.75) is 32.1 Å². The van der Waals surface area contributed by atoms with E-state index in [0.29, 0.717) is 30.0 Å². The minimum atomic E-state index is -4.37. The number of fused-ring (bicyclic) bond motifs is 1. The van der Waals surface area contributed by atoms with E-state index < -0.39 is 11.7 Å². The highest BCUT2D eigenvalue weighted by Gasteiger charge is 2.30. The molecule has 1 aliphatic rings. The van der Waals surface area contributed by atoms with E-state index >= 15 is 0 Å². The van der Waals surface area contributed by atoms with E-state index in [9.17, 15) is 18.0 Å². The molecule has 2 heterocycles. The van der Waals surface area contributed by atoms with Gasteiger partial charge in [0.2, 0.25) is 5.95 Å². The van der Waals surface area contributed by atoms with Crippen LogP contribution in [-0.2, 0) is 19.1 Å². The molecule has 2 N–H and O–H groups in total. The van der Waals surface area contributed by atoms with Crippen LogP contribution in [-0.4, -0.2) is 30.3 Å². The zero-order valence-electron chi connectivity index (χ0n) is 15.4. The molecule has 27 heavy (non-hydrogen) atoms. The molecule has 1 aliphatic heterocycles. The molecule has 0 radical (unpaired) electrons. The summed E-state index contributed by atoms with van der Waals surface area (Å²) < 4.78 is 39.7. The number of anilines is 1. The highest BCUT2D eigenvalue weighted by Crippen LogP contribution is 2.30.